The summed E-state index contributed by atoms with van der Waals surface area (Å²) < 4.78 is 5.14. The van der Waals surface area contributed by atoms with E-state index in [1.54, 1.807) is 41.2 Å². The summed E-state index contributed by atoms with van der Waals surface area (Å²) in [7, 11) is 3.38. The maximum Gasteiger partial charge on any atom is 0.256 e. The molecule has 24 heavy (non-hydrogen) atoms. The Balaban J connectivity index is 1.65. The van der Waals surface area contributed by atoms with Gasteiger partial charge in [0.2, 0.25) is 5.91 Å². The number of aliphatic hydroxyl groups is 1. The Hall–Kier alpha value is -2.08. The zero-order valence-corrected chi connectivity index (χ0v) is 14.2. The third kappa shape index (κ3) is 2.86. The Morgan fingerprint density at radius 1 is 1.25 bits per heavy atom. The van der Waals surface area contributed by atoms with Crippen LogP contribution in [0.25, 0.3) is 0 Å². The number of hydrogen-bond acceptors (Lipinski definition) is 4. The highest BCUT2D eigenvalue weighted by atomic mass is 16.5. The number of aliphatic hydroxyl groups excluding tert-OH is 1. The summed E-state index contributed by atoms with van der Waals surface area (Å²) in [4.78, 5) is 28.4. The number of hydrogen-bond donors (Lipinski definition) is 1. The molecule has 6 nitrogen and oxygen atoms in total. The van der Waals surface area contributed by atoms with E-state index in [4.69, 9.17) is 4.74 Å². The second-order valence-electron chi connectivity index (χ2n) is 6.76. The molecule has 2 amide bonds. The third-order valence-electron chi connectivity index (χ3n) is 5.40. The summed E-state index contributed by atoms with van der Waals surface area (Å²) in [6.45, 7) is 1.82. The number of ether oxygens (including phenoxy) is 1. The van der Waals surface area contributed by atoms with Gasteiger partial charge in [0.15, 0.2) is 6.10 Å². The van der Waals surface area contributed by atoms with E-state index in [0.29, 0.717) is 37.2 Å². The van der Waals surface area contributed by atoms with Crippen LogP contribution in [0.15, 0.2) is 24.3 Å². The van der Waals surface area contributed by atoms with Gasteiger partial charge in [-0.15, -0.1) is 0 Å². The van der Waals surface area contributed by atoms with Crippen LogP contribution in [0, 0.1) is 5.41 Å². The number of rotatable bonds is 3. The highest BCUT2D eigenvalue weighted by molar-refractivity contribution is 5.86. The number of nitrogens with zero attached hydrogens (tertiary/aromatic N) is 2. The molecule has 3 rings (SSSR count). The SMILES string of the molecule is COc1cccc(C(O)C(=O)N2CCC3(CCN(C)C3=O)CC2)c1. The van der Waals surface area contributed by atoms with Crippen molar-refractivity contribution in [2.45, 2.75) is 25.4 Å². The van der Waals surface area contributed by atoms with Gasteiger partial charge in [0.1, 0.15) is 5.75 Å². The average Bonchev–Trinajstić information content (AvgIpc) is 2.90. The number of methoxy groups -OCH3 is 1. The molecule has 0 aliphatic carbocycles. The number of likely N-dealkylation sites (tertiary alicyclic amines) is 2. The molecule has 0 bridgehead atoms. The van der Waals surface area contributed by atoms with E-state index in [-0.39, 0.29) is 17.2 Å². The molecule has 1 unspecified atom stereocenters. The molecule has 2 aliphatic rings. The van der Waals surface area contributed by atoms with Crippen LogP contribution in [0.5, 0.6) is 5.75 Å². The van der Waals surface area contributed by atoms with Gasteiger partial charge in [-0.05, 0) is 37.0 Å². The first-order valence-corrected chi connectivity index (χ1v) is 8.33. The summed E-state index contributed by atoms with van der Waals surface area (Å²) >= 11 is 0. The van der Waals surface area contributed by atoms with Gasteiger partial charge < -0.3 is 19.6 Å². The van der Waals surface area contributed by atoms with E-state index in [2.05, 4.69) is 0 Å². The molecule has 1 aromatic rings. The number of benzene rings is 1. The van der Waals surface area contributed by atoms with Crippen molar-refractivity contribution in [2.24, 2.45) is 5.41 Å². The monoisotopic (exact) mass is 332 g/mol. The van der Waals surface area contributed by atoms with Crippen molar-refractivity contribution in [3.05, 3.63) is 29.8 Å². The molecule has 0 radical (unpaired) electrons. The van der Waals surface area contributed by atoms with Gasteiger partial charge in [0, 0.05) is 26.7 Å². The zero-order chi connectivity index (χ0) is 17.3. The maximum absolute atomic E-state index is 12.6. The average molecular weight is 332 g/mol. The number of carbonyl (C=O) groups excluding carboxylic acids is 2. The molecular weight excluding hydrogens is 308 g/mol. The standard InChI is InChI=1S/C18H24N2O4/c1-19-9-6-18(17(19)23)7-10-20(11-8-18)16(22)15(21)13-4-3-5-14(12-13)24-2/h3-5,12,15,21H,6-11H2,1-2H3. The summed E-state index contributed by atoms with van der Waals surface area (Å²) in [5.41, 5.74) is 0.225. The van der Waals surface area contributed by atoms with Crippen LogP contribution in [0.2, 0.25) is 0 Å². The number of carbonyl (C=O) groups is 2. The molecule has 0 aromatic heterocycles. The normalized spacial score (nSPS) is 21.2. The van der Waals surface area contributed by atoms with Gasteiger partial charge in [-0.3, -0.25) is 9.59 Å². The van der Waals surface area contributed by atoms with Crippen LogP contribution in [0.3, 0.4) is 0 Å². The van der Waals surface area contributed by atoms with Gasteiger partial charge in [-0.25, -0.2) is 0 Å². The minimum Gasteiger partial charge on any atom is -0.497 e. The molecule has 2 heterocycles. The summed E-state index contributed by atoms with van der Waals surface area (Å²) in [6, 6.07) is 6.91. The van der Waals surface area contributed by atoms with Crippen molar-refractivity contribution in [3.8, 4) is 5.75 Å². The zero-order valence-electron chi connectivity index (χ0n) is 14.2. The first kappa shape index (κ1) is 16.8. The van der Waals surface area contributed by atoms with E-state index < -0.39 is 6.10 Å². The fraction of sp³-hybridized carbons (Fsp3) is 0.556. The lowest BCUT2D eigenvalue weighted by Crippen LogP contribution is -2.47. The number of amides is 2. The highest BCUT2D eigenvalue weighted by Crippen LogP contribution is 2.41. The minimum absolute atomic E-state index is 0.197. The largest absolute Gasteiger partial charge is 0.497 e. The molecule has 2 aliphatic heterocycles. The van der Waals surface area contributed by atoms with Crippen molar-refractivity contribution < 1.29 is 19.4 Å². The van der Waals surface area contributed by atoms with Gasteiger partial charge in [0.05, 0.1) is 12.5 Å². The number of piperidine rings is 1. The molecule has 6 heteroatoms. The van der Waals surface area contributed by atoms with E-state index >= 15 is 0 Å². The molecule has 2 fully saturated rings. The second-order valence-corrected chi connectivity index (χ2v) is 6.76. The van der Waals surface area contributed by atoms with Crippen molar-refractivity contribution in [1.29, 1.82) is 0 Å². The Labute approximate surface area is 142 Å². The topological polar surface area (TPSA) is 70.1 Å². The fourth-order valence-corrected chi connectivity index (χ4v) is 3.74. The lowest BCUT2D eigenvalue weighted by molar-refractivity contribution is -0.147. The van der Waals surface area contributed by atoms with Crippen LogP contribution >= 0.6 is 0 Å². The molecule has 1 N–H and O–H groups in total. The van der Waals surface area contributed by atoms with E-state index in [1.165, 1.54) is 0 Å². The van der Waals surface area contributed by atoms with Gasteiger partial charge in [-0.2, -0.15) is 0 Å². The van der Waals surface area contributed by atoms with Gasteiger partial charge in [-0.1, -0.05) is 12.1 Å². The van der Waals surface area contributed by atoms with Gasteiger partial charge in [0.25, 0.3) is 5.91 Å². The first-order chi connectivity index (χ1) is 11.5. The molecular formula is C18H24N2O4. The smallest absolute Gasteiger partial charge is 0.256 e. The molecule has 2 saturated heterocycles. The maximum atomic E-state index is 12.6. The summed E-state index contributed by atoms with van der Waals surface area (Å²) in [5.74, 6) is 0.497. The van der Waals surface area contributed by atoms with Crippen molar-refractivity contribution >= 4 is 11.8 Å². The van der Waals surface area contributed by atoms with Gasteiger partial charge >= 0.3 is 0 Å². The van der Waals surface area contributed by atoms with Crippen molar-refractivity contribution in [2.75, 3.05) is 33.8 Å². The Morgan fingerprint density at radius 2 is 1.92 bits per heavy atom. The Bertz CT molecular complexity index is 638. The minimum atomic E-state index is -1.20. The van der Waals surface area contributed by atoms with Crippen LogP contribution in [-0.4, -0.2) is 60.5 Å². The van der Waals surface area contributed by atoms with Crippen LogP contribution in [-0.2, 0) is 9.59 Å². The highest BCUT2D eigenvalue weighted by Gasteiger charge is 2.47. The predicted octanol–water partition coefficient (Wildman–Crippen LogP) is 1.20. The van der Waals surface area contributed by atoms with Crippen LogP contribution < -0.4 is 4.74 Å². The summed E-state index contributed by atoms with van der Waals surface area (Å²) in [6.07, 6.45) is 1.01. The molecule has 130 valence electrons. The van der Waals surface area contributed by atoms with Crippen LogP contribution in [0.1, 0.15) is 30.9 Å². The third-order valence-corrected chi connectivity index (χ3v) is 5.40. The van der Waals surface area contributed by atoms with Crippen molar-refractivity contribution in [1.82, 2.24) is 9.80 Å². The lowest BCUT2D eigenvalue weighted by Gasteiger charge is -2.38. The quantitative estimate of drug-likeness (QED) is 0.903. The molecule has 1 atom stereocenters. The molecule has 0 saturated carbocycles. The lowest BCUT2D eigenvalue weighted by atomic mass is 9.77. The van der Waals surface area contributed by atoms with E-state index in [1.807, 2.05) is 7.05 Å². The summed E-state index contributed by atoms with van der Waals surface area (Å²) in [5, 5.41) is 10.4. The second kappa shape index (κ2) is 6.43. The Morgan fingerprint density at radius 3 is 2.50 bits per heavy atom. The first-order valence-electron chi connectivity index (χ1n) is 8.33. The van der Waals surface area contributed by atoms with E-state index in [0.717, 1.165) is 13.0 Å². The predicted molar refractivity (Wildman–Crippen MR) is 88.5 cm³/mol. The van der Waals surface area contributed by atoms with Crippen LogP contribution in [0.4, 0.5) is 0 Å². The molecule has 1 spiro atoms. The van der Waals surface area contributed by atoms with E-state index in [9.17, 15) is 14.7 Å². The molecule has 1 aromatic carbocycles. The van der Waals surface area contributed by atoms with Crippen molar-refractivity contribution in [3.63, 3.8) is 0 Å². The Kier molecular flexibility index (Phi) is 4.49. The fourth-order valence-electron chi connectivity index (χ4n) is 3.74.